The van der Waals surface area contributed by atoms with Gasteiger partial charge in [-0.3, -0.25) is 14.4 Å². The minimum atomic E-state index is -0.780. The van der Waals surface area contributed by atoms with E-state index in [0.717, 1.165) is 83.5 Å². The van der Waals surface area contributed by atoms with Crippen molar-refractivity contribution >= 4 is 17.9 Å². The van der Waals surface area contributed by atoms with Crippen molar-refractivity contribution in [3.63, 3.8) is 0 Å². The molecule has 1 unspecified atom stereocenters. The second kappa shape index (κ2) is 61.7. The number of rotatable bonds is 58. The van der Waals surface area contributed by atoms with E-state index in [2.05, 4.69) is 81.5 Å². The van der Waals surface area contributed by atoms with Crippen molar-refractivity contribution < 1.29 is 28.6 Å². The molecule has 0 aliphatic rings. The molecule has 0 radical (unpaired) electrons. The van der Waals surface area contributed by atoms with Crippen LogP contribution in [0.5, 0.6) is 0 Å². The summed E-state index contributed by atoms with van der Waals surface area (Å²) in [6, 6.07) is 0. The van der Waals surface area contributed by atoms with Crippen molar-refractivity contribution in [2.24, 2.45) is 0 Å². The fourth-order valence-corrected chi connectivity index (χ4v) is 9.15. The summed E-state index contributed by atoms with van der Waals surface area (Å²) in [5.41, 5.74) is 0. The van der Waals surface area contributed by atoms with Crippen LogP contribution in [0.25, 0.3) is 0 Å². The van der Waals surface area contributed by atoms with Gasteiger partial charge in [0.05, 0.1) is 0 Å². The van der Waals surface area contributed by atoms with E-state index in [4.69, 9.17) is 14.2 Å². The summed E-state index contributed by atoms with van der Waals surface area (Å²) in [5, 5.41) is 0. The van der Waals surface area contributed by atoms with Gasteiger partial charge in [-0.1, -0.05) is 268 Å². The summed E-state index contributed by atoms with van der Waals surface area (Å²) < 4.78 is 16.9. The molecule has 424 valence electrons. The Hall–Kier alpha value is -2.89. The molecule has 0 aromatic carbocycles. The second-order valence-corrected chi connectivity index (χ2v) is 21.3. The molecule has 0 aromatic heterocycles. The first-order chi connectivity index (χ1) is 36.0. The lowest BCUT2D eigenvalue weighted by Crippen LogP contribution is -2.30. The third kappa shape index (κ3) is 59.9. The number of hydrogen-bond acceptors (Lipinski definition) is 6. The third-order valence-electron chi connectivity index (χ3n) is 13.9. The topological polar surface area (TPSA) is 78.9 Å². The normalized spacial score (nSPS) is 12.4. The fraction of sp³-hybridized carbons (Fsp3) is 0.806. The lowest BCUT2D eigenvalue weighted by molar-refractivity contribution is -0.167. The predicted molar refractivity (Wildman–Crippen MR) is 316 cm³/mol. The number of ether oxygens (including phenoxy) is 3. The van der Waals surface area contributed by atoms with Gasteiger partial charge in [0.2, 0.25) is 0 Å². The van der Waals surface area contributed by atoms with Gasteiger partial charge in [-0.15, -0.1) is 0 Å². The molecule has 0 rings (SSSR count). The van der Waals surface area contributed by atoms with Crippen LogP contribution in [0, 0.1) is 0 Å². The van der Waals surface area contributed by atoms with E-state index < -0.39 is 6.10 Å². The summed E-state index contributed by atoms with van der Waals surface area (Å²) in [5.74, 6) is -0.881. The Morgan fingerprint density at radius 1 is 0.274 bits per heavy atom. The van der Waals surface area contributed by atoms with Crippen molar-refractivity contribution in [1.82, 2.24) is 0 Å². The van der Waals surface area contributed by atoms with E-state index in [9.17, 15) is 14.4 Å². The van der Waals surface area contributed by atoms with Crippen molar-refractivity contribution in [1.29, 1.82) is 0 Å². The van der Waals surface area contributed by atoms with Gasteiger partial charge in [0.15, 0.2) is 6.10 Å². The lowest BCUT2D eigenvalue weighted by atomic mass is 10.0. The molecule has 0 saturated heterocycles. The average molecular weight is 1020 g/mol. The first-order valence-corrected chi connectivity index (χ1v) is 31.8. The van der Waals surface area contributed by atoms with E-state index in [1.54, 1.807) is 0 Å². The van der Waals surface area contributed by atoms with Crippen LogP contribution in [0.15, 0.2) is 60.8 Å². The quantitative estimate of drug-likeness (QED) is 0.0261. The lowest BCUT2D eigenvalue weighted by Gasteiger charge is -2.18. The summed E-state index contributed by atoms with van der Waals surface area (Å²) >= 11 is 0. The molecular weight excluding hydrogens is 901 g/mol. The van der Waals surface area contributed by atoms with Gasteiger partial charge in [-0.05, 0) is 103 Å². The van der Waals surface area contributed by atoms with Gasteiger partial charge in [-0.2, -0.15) is 0 Å². The van der Waals surface area contributed by atoms with Crippen LogP contribution in [-0.2, 0) is 28.6 Å². The molecule has 0 bridgehead atoms. The van der Waals surface area contributed by atoms with Crippen LogP contribution in [0.2, 0.25) is 0 Å². The Labute approximate surface area is 453 Å². The maximum Gasteiger partial charge on any atom is 0.306 e. The van der Waals surface area contributed by atoms with Gasteiger partial charge in [0.25, 0.3) is 0 Å². The van der Waals surface area contributed by atoms with E-state index in [-0.39, 0.29) is 31.1 Å². The Kier molecular flexibility index (Phi) is 59.2. The molecule has 6 heteroatoms. The third-order valence-corrected chi connectivity index (χ3v) is 13.9. The van der Waals surface area contributed by atoms with Gasteiger partial charge in [0, 0.05) is 19.3 Å². The van der Waals surface area contributed by atoms with Crippen molar-refractivity contribution in [2.75, 3.05) is 13.2 Å². The molecular formula is C67H120O6. The Balaban J connectivity index is 4.21. The van der Waals surface area contributed by atoms with E-state index in [1.165, 1.54) is 205 Å². The van der Waals surface area contributed by atoms with Crippen LogP contribution in [-0.4, -0.2) is 37.2 Å². The molecule has 0 fully saturated rings. The highest BCUT2D eigenvalue weighted by Crippen LogP contribution is 2.16. The van der Waals surface area contributed by atoms with E-state index >= 15 is 0 Å². The molecule has 0 aromatic rings. The Bertz CT molecular complexity index is 1310. The SMILES string of the molecule is CCC/C=C\CCCCCCCC(=O)OCC(COC(=O)CCCCCCCCCCCCCC/C=C\C/C=C\C/C=C\CCCCCCC)OC(=O)CCCCCCCCC/C=C\CCCCCCCCC. The number of allylic oxidation sites excluding steroid dienone is 10. The Morgan fingerprint density at radius 2 is 0.521 bits per heavy atom. The van der Waals surface area contributed by atoms with Gasteiger partial charge >= 0.3 is 17.9 Å². The van der Waals surface area contributed by atoms with Crippen LogP contribution >= 0.6 is 0 Å². The largest absolute Gasteiger partial charge is 0.462 e. The number of carbonyl (C=O) groups excluding carboxylic acids is 3. The highest BCUT2D eigenvalue weighted by atomic mass is 16.6. The predicted octanol–water partition coefficient (Wildman–Crippen LogP) is 21.6. The number of unbranched alkanes of at least 4 members (excludes halogenated alkanes) is 37. The zero-order valence-electron chi connectivity index (χ0n) is 48.7. The number of carbonyl (C=O) groups is 3. The zero-order valence-corrected chi connectivity index (χ0v) is 48.7. The first-order valence-electron chi connectivity index (χ1n) is 31.8. The van der Waals surface area contributed by atoms with Crippen LogP contribution < -0.4 is 0 Å². The number of hydrogen-bond donors (Lipinski definition) is 0. The summed E-state index contributed by atoms with van der Waals surface area (Å²) in [4.78, 5) is 38.2. The van der Waals surface area contributed by atoms with Gasteiger partial charge in [0.1, 0.15) is 13.2 Å². The smallest absolute Gasteiger partial charge is 0.306 e. The maximum absolute atomic E-state index is 12.9. The van der Waals surface area contributed by atoms with Crippen LogP contribution in [0.1, 0.15) is 329 Å². The van der Waals surface area contributed by atoms with Gasteiger partial charge < -0.3 is 14.2 Å². The molecule has 6 nitrogen and oxygen atoms in total. The second-order valence-electron chi connectivity index (χ2n) is 21.3. The summed E-state index contributed by atoms with van der Waals surface area (Å²) in [7, 11) is 0. The summed E-state index contributed by atoms with van der Waals surface area (Å²) in [6.45, 7) is 6.59. The molecule has 0 heterocycles. The van der Waals surface area contributed by atoms with Crippen LogP contribution in [0.4, 0.5) is 0 Å². The molecule has 0 aliphatic heterocycles. The van der Waals surface area contributed by atoms with Crippen LogP contribution in [0.3, 0.4) is 0 Å². The fourth-order valence-electron chi connectivity index (χ4n) is 9.15. The molecule has 73 heavy (non-hydrogen) atoms. The minimum absolute atomic E-state index is 0.0778. The monoisotopic (exact) mass is 1020 g/mol. The molecule has 0 saturated carbocycles. The zero-order chi connectivity index (χ0) is 52.9. The van der Waals surface area contributed by atoms with E-state index in [1.807, 2.05) is 0 Å². The molecule has 0 spiro atoms. The van der Waals surface area contributed by atoms with Crippen molar-refractivity contribution in [3.05, 3.63) is 60.8 Å². The standard InChI is InChI=1S/C67H120O6/c1-4-7-10-13-16-19-22-24-26-28-30-31-32-33-34-35-36-37-38-40-41-43-45-48-51-54-57-60-66(69)72-63-64(62-71-65(68)59-56-53-50-47-21-18-15-12-9-6-3)73-67(70)61-58-55-52-49-46-44-42-39-29-27-25-23-20-17-14-11-8-5-2/h12,15,22,24,27-30,32-33,64H,4-11,13-14,16-21,23,25-26,31,34-63H2,1-3H3/b15-12-,24-22-,29-27-,30-28-,33-32-. The van der Waals surface area contributed by atoms with Crippen molar-refractivity contribution in [2.45, 2.75) is 335 Å². The first kappa shape index (κ1) is 70.1. The Morgan fingerprint density at radius 3 is 0.836 bits per heavy atom. The van der Waals surface area contributed by atoms with Gasteiger partial charge in [-0.25, -0.2) is 0 Å². The summed E-state index contributed by atoms with van der Waals surface area (Å²) in [6.07, 6.45) is 78.1. The molecule has 1 atom stereocenters. The molecule has 0 aliphatic carbocycles. The average Bonchev–Trinajstić information content (AvgIpc) is 3.39. The molecule has 0 amide bonds. The maximum atomic E-state index is 12.9. The number of esters is 3. The van der Waals surface area contributed by atoms with E-state index in [0.29, 0.717) is 19.3 Å². The molecule has 0 N–H and O–H groups in total. The highest BCUT2D eigenvalue weighted by Gasteiger charge is 2.19. The highest BCUT2D eigenvalue weighted by molar-refractivity contribution is 5.71. The van der Waals surface area contributed by atoms with Crippen molar-refractivity contribution in [3.8, 4) is 0 Å². The minimum Gasteiger partial charge on any atom is -0.462 e.